The highest BCUT2D eigenvalue weighted by molar-refractivity contribution is 9.10. The largest absolute Gasteiger partial charge is 0.374 e. The van der Waals surface area contributed by atoms with Crippen LogP contribution in [0.5, 0.6) is 0 Å². The molecule has 1 aliphatic heterocycles. The molecule has 0 aromatic heterocycles. The monoisotopic (exact) mass is 384 g/mol. The number of hydrogen-bond donors (Lipinski definition) is 1. The molecule has 1 N–H and O–H groups in total. The Kier molecular flexibility index (Phi) is 5.31. The Morgan fingerprint density at radius 3 is 2.81 bits per heavy atom. The number of likely N-dealkylation sites (N-methyl/N-ethyl adjacent to an activating group) is 1. The lowest BCUT2D eigenvalue weighted by atomic mass is 10.3. The summed E-state index contributed by atoms with van der Waals surface area (Å²) in [4.78, 5) is -0.547. The molecule has 1 heterocycles. The average molecular weight is 385 g/mol. The van der Waals surface area contributed by atoms with Crippen molar-refractivity contribution in [1.29, 1.82) is 0 Å². The Bertz CT molecular complexity index is 602. The summed E-state index contributed by atoms with van der Waals surface area (Å²) in [6.07, 6.45) is -0.305. The van der Waals surface area contributed by atoms with Gasteiger partial charge in [-0.1, -0.05) is 0 Å². The van der Waals surface area contributed by atoms with Crippen LogP contribution in [0, 0.1) is 11.6 Å². The smallest absolute Gasteiger partial charge is 0.247 e. The Labute approximate surface area is 130 Å². The molecule has 118 valence electrons. The number of nitrogens with one attached hydrogen (secondary N) is 1. The molecule has 1 aliphatic rings. The molecule has 5 nitrogen and oxygen atoms in total. The van der Waals surface area contributed by atoms with Gasteiger partial charge in [-0.25, -0.2) is 17.2 Å². The summed E-state index contributed by atoms with van der Waals surface area (Å²) >= 11 is 2.92. The van der Waals surface area contributed by atoms with Crippen LogP contribution in [0.4, 0.5) is 8.78 Å². The van der Waals surface area contributed by atoms with Crippen molar-refractivity contribution in [2.75, 3.05) is 33.3 Å². The van der Waals surface area contributed by atoms with Crippen molar-refractivity contribution in [2.24, 2.45) is 0 Å². The first kappa shape index (κ1) is 16.8. The van der Waals surface area contributed by atoms with Crippen molar-refractivity contribution in [3.8, 4) is 0 Å². The molecule has 0 bridgehead atoms. The molecule has 0 radical (unpaired) electrons. The third-order valence-electron chi connectivity index (χ3n) is 3.09. The molecule has 1 saturated heterocycles. The van der Waals surface area contributed by atoms with Crippen LogP contribution in [-0.2, 0) is 14.8 Å². The molecule has 1 aromatic carbocycles. The Morgan fingerprint density at radius 2 is 2.19 bits per heavy atom. The normalized spacial score (nSPS) is 20.7. The van der Waals surface area contributed by atoms with Crippen LogP contribution in [0.1, 0.15) is 0 Å². The van der Waals surface area contributed by atoms with Gasteiger partial charge in [-0.05, 0) is 29.0 Å². The minimum atomic E-state index is -4.05. The van der Waals surface area contributed by atoms with Crippen molar-refractivity contribution < 1.29 is 21.9 Å². The van der Waals surface area contributed by atoms with E-state index in [0.717, 1.165) is 10.4 Å². The van der Waals surface area contributed by atoms with E-state index in [-0.39, 0.29) is 30.3 Å². The van der Waals surface area contributed by atoms with Gasteiger partial charge >= 0.3 is 0 Å². The first-order chi connectivity index (χ1) is 9.86. The van der Waals surface area contributed by atoms with E-state index < -0.39 is 26.6 Å². The van der Waals surface area contributed by atoms with E-state index >= 15 is 0 Å². The van der Waals surface area contributed by atoms with E-state index in [2.05, 4.69) is 21.2 Å². The lowest BCUT2D eigenvalue weighted by Gasteiger charge is -2.32. The van der Waals surface area contributed by atoms with Crippen LogP contribution in [0.25, 0.3) is 0 Å². The van der Waals surface area contributed by atoms with Crippen molar-refractivity contribution in [1.82, 2.24) is 9.62 Å². The zero-order chi connectivity index (χ0) is 15.6. The van der Waals surface area contributed by atoms with Crippen LogP contribution >= 0.6 is 15.9 Å². The second-order valence-corrected chi connectivity index (χ2v) is 7.34. The van der Waals surface area contributed by atoms with Crippen molar-refractivity contribution in [3.63, 3.8) is 0 Å². The van der Waals surface area contributed by atoms with Crippen molar-refractivity contribution >= 4 is 26.0 Å². The zero-order valence-electron chi connectivity index (χ0n) is 11.3. The molecule has 0 amide bonds. The second-order valence-electron chi connectivity index (χ2n) is 4.61. The molecular weight excluding hydrogens is 370 g/mol. The van der Waals surface area contributed by atoms with Gasteiger partial charge in [-0.15, -0.1) is 0 Å². The maximum atomic E-state index is 13.9. The van der Waals surface area contributed by atoms with E-state index in [0.29, 0.717) is 12.6 Å². The first-order valence-corrected chi connectivity index (χ1v) is 8.50. The van der Waals surface area contributed by atoms with Gasteiger partial charge in [-0.2, -0.15) is 4.31 Å². The Hall–Kier alpha value is -0.610. The molecular formula is C12H15BrF2N2O3S. The van der Waals surface area contributed by atoms with Gasteiger partial charge in [-0.3, -0.25) is 0 Å². The summed E-state index contributed by atoms with van der Waals surface area (Å²) in [7, 11) is -2.33. The molecule has 0 aliphatic carbocycles. The molecule has 21 heavy (non-hydrogen) atoms. The summed E-state index contributed by atoms with van der Waals surface area (Å²) in [6.45, 7) is 0.962. The molecule has 1 unspecified atom stereocenters. The second kappa shape index (κ2) is 6.66. The van der Waals surface area contributed by atoms with Gasteiger partial charge < -0.3 is 10.1 Å². The number of benzene rings is 1. The highest BCUT2D eigenvalue weighted by atomic mass is 79.9. The predicted molar refractivity (Wildman–Crippen MR) is 76.5 cm³/mol. The van der Waals surface area contributed by atoms with Crippen LogP contribution < -0.4 is 5.32 Å². The molecule has 9 heteroatoms. The lowest BCUT2D eigenvalue weighted by molar-refractivity contribution is 0.000753. The van der Waals surface area contributed by atoms with Gasteiger partial charge in [0.1, 0.15) is 16.5 Å². The van der Waals surface area contributed by atoms with Crippen molar-refractivity contribution in [3.05, 3.63) is 28.2 Å². The molecule has 1 aromatic rings. The summed E-state index contributed by atoms with van der Waals surface area (Å²) < 4.78 is 58.5. The maximum Gasteiger partial charge on any atom is 0.247 e. The summed E-state index contributed by atoms with van der Waals surface area (Å²) in [6, 6.07) is 1.49. The topological polar surface area (TPSA) is 58.6 Å². The zero-order valence-corrected chi connectivity index (χ0v) is 13.7. The van der Waals surface area contributed by atoms with Crippen LogP contribution in [-0.4, -0.2) is 52.1 Å². The highest BCUT2D eigenvalue weighted by Crippen LogP contribution is 2.29. The predicted octanol–water partition coefficient (Wildman–Crippen LogP) is 1.34. The van der Waals surface area contributed by atoms with Crippen LogP contribution in [0.15, 0.2) is 21.5 Å². The SMILES string of the molecule is CNCC1CN(S(=O)(=O)c2c(F)cc(F)cc2Br)CCO1. The highest BCUT2D eigenvalue weighted by Gasteiger charge is 2.34. The average Bonchev–Trinajstić information content (AvgIpc) is 2.37. The van der Waals surface area contributed by atoms with Gasteiger partial charge in [0, 0.05) is 30.2 Å². The Morgan fingerprint density at radius 1 is 1.48 bits per heavy atom. The maximum absolute atomic E-state index is 13.9. The third-order valence-corrected chi connectivity index (χ3v) is 5.92. The molecule has 0 spiro atoms. The minimum Gasteiger partial charge on any atom is -0.374 e. The van der Waals surface area contributed by atoms with E-state index in [1.54, 1.807) is 7.05 Å². The number of halogens is 3. The van der Waals surface area contributed by atoms with Gasteiger partial charge in [0.25, 0.3) is 0 Å². The van der Waals surface area contributed by atoms with E-state index in [1.165, 1.54) is 0 Å². The van der Waals surface area contributed by atoms with E-state index in [1.807, 2.05) is 0 Å². The number of rotatable bonds is 4. The van der Waals surface area contributed by atoms with Crippen molar-refractivity contribution in [2.45, 2.75) is 11.0 Å². The molecule has 1 atom stereocenters. The first-order valence-electron chi connectivity index (χ1n) is 6.27. The van der Waals surface area contributed by atoms with E-state index in [4.69, 9.17) is 4.74 Å². The Balaban J connectivity index is 2.34. The third kappa shape index (κ3) is 3.59. The number of hydrogen-bond acceptors (Lipinski definition) is 4. The fraction of sp³-hybridized carbons (Fsp3) is 0.500. The number of ether oxygens (including phenoxy) is 1. The number of morpholine rings is 1. The molecule has 2 rings (SSSR count). The summed E-state index contributed by atoms with van der Waals surface area (Å²) in [5.74, 6) is -1.95. The molecule has 0 saturated carbocycles. The number of sulfonamides is 1. The summed E-state index contributed by atoms with van der Waals surface area (Å²) in [5, 5.41) is 2.90. The van der Waals surface area contributed by atoms with Gasteiger partial charge in [0.2, 0.25) is 10.0 Å². The quantitative estimate of drug-likeness (QED) is 0.850. The van der Waals surface area contributed by atoms with Crippen LogP contribution in [0.3, 0.4) is 0 Å². The fourth-order valence-corrected chi connectivity index (χ4v) is 4.73. The van der Waals surface area contributed by atoms with E-state index in [9.17, 15) is 17.2 Å². The molecule has 1 fully saturated rings. The van der Waals surface area contributed by atoms with Gasteiger partial charge in [0.15, 0.2) is 0 Å². The lowest BCUT2D eigenvalue weighted by Crippen LogP contribution is -2.48. The number of nitrogens with zero attached hydrogens (tertiary/aromatic N) is 1. The fourth-order valence-electron chi connectivity index (χ4n) is 2.17. The standard InChI is InChI=1S/C12H15BrF2N2O3S/c1-16-6-9-7-17(2-3-20-9)21(18,19)12-10(13)4-8(14)5-11(12)15/h4-5,9,16H,2-3,6-7H2,1H3. The van der Waals surface area contributed by atoms with Gasteiger partial charge in [0.05, 0.1) is 12.7 Å². The van der Waals surface area contributed by atoms with Crippen LogP contribution in [0.2, 0.25) is 0 Å². The summed E-state index contributed by atoms with van der Waals surface area (Å²) in [5.41, 5.74) is 0. The minimum absolute atomic E-state index is 0.117.